The van der Waals surface area contributed by atoms with Gasteiger partial charge < -0.3 is 0 Å². The normalized spacial score (nSPS) is 11.2. The fraction of sp³-hybridized carbons (Fsp3) is 0.231. The fourth-order valence-electron chi connectivity index (χ4n) is 1.64. The summed E-state index contributed by atoms with van der Waals surface area (Å²) in [5, 5.41) is 6.25. The molecule has 0 amide bonds. The van der Waals surface area contributed by atoms with E-state index >= 15 is 0 Å². The van der Waals surface area contributed by atoms with Crippen molar-refractivity contribution in [3.8, 4) is 0 Å². The van der Waals surface area contributed by atoms with Gasteiger partial charge in [0.1, 0.15) is 0 Å². The third-order valence-electron chi connectivity index (χ3n) is 2.52. The smallest absolute Gasteiger partial charge is 0.267 e. The van der Waals surface area contributed by atoms with Crippen LogP contribution in [0.3, 0.4) is 0 Å². The second-order valence-electron chi connectivity index (χ2n) is 4.04. The lowest BCUT2D eigenvalue weighted by Gasteiger charge is -2.03. The third kappa shape index (κ3) is 2.53. The molecule has 4 heteroatoms. The Hall–Kier alpha value is -1.68. The van der Waals surface area contributed by atoms with Crippen LogP contribution in [0.2, 0.25) is 0 Å². The summed E-state index contributed by atoms with van der Waals surface area (Å²) in [6.07, 6.45) is 1.74. The largest absolute Gasteiger partial charge is 0.271 e. The van der Waals surface area contributed by atoms with Crippen molar-refractivity contribution in [1.82, 2.24) is 4.68 Å². The van der Waals surface area contributed by atoms with E-state index in [2.05, 4.69) is 5.10 Å². The predicted octanol–water partition coefficient (Wildman–Crippen LogP) is 2.72. The molecule has 2 aromatic heterocycles. The Balaban J connectivity index is 2.41. The molecule has 0 N–H and O–H groups in total. The molecular weight excluding hydrogens is 232 g/mol. The molecular formula is C13H14N2OS. The van der Waals surface area contributed by atoms with E-state index in [0.717, 1.165) is 16.1 Å². The molecule has 17 heavy (non-hydrogen) atoms. The molecule has 0 fully saturated rings. The van der Waals surface area contributed by atoms with E-state index in [1.54, 1.807) is 23.6 Å². The molecule has 2 heterocycles. The molecule has 0 spiro atoms. The van der Waals surface area contributed by atoms with Gasteiger partial charge in [0.05, 0.1) is 11.1 Å². The van der Waals surface area contributed by atoms with Crippen LogP contribution < -0.4 is 5.56 Å². The first-order valence-electron chi connectivity index (χ1n) is 5.36. The van der Waals surface area contributed by atoms with E-state index in [1.165, 1.54) is 10.2 Å². The highest BCUT2D eigenvalue weighted by Crippen LogP contribution is 2.12. The molecule has 0 aliphatic heterocycles. The first kappa shape index (κ1) is 11.8. The summed E-state index contributed by atoms with van der Waals surface area (Å²) in [6.45, 7) is 5.82. The zero-order valence-corrected chi connectivity index (χ0v) is 10.9. The van der Waals surface area contributed by atoms with E-state index in [-0.39, 0.29) is 5.56 Å². The minimum atomic E-state index is -0.0899. The molecule has 0 aliphatic carbocycles. The van der Waals surface area contributed by atoms with Crippen LogP contribution in [-0.2, 0) is 0 Å². The van der Waals surface area contributed by atoms with Crippen LogP contribution in [0.5, 0.6) is 0 Å². The van der Waals surface area contributed by atoms with E-state index in [4.69, 9.17) is 0 Å². The predicted molar refractivity (Wildman–Crippen MR) is 72.2 cm³/mol. The van der Waals surface area contributed by atoms with Crippen LogP contribution in [0.4, 0.5) is 0 Å². The van der Waals surface area contributed by atoms with Crippen molar-refractivity contribution in [2.75, 3.05) is 0 Å². The Morgan fingerprint density at radius 2 is 2.06 bits per heavy atom. The summed E-state index contributed by atoms with van der Waals surface area (Å²) in [7, 11) is 0. The van der Waals surface area contributed by atoms with Gasteiger partial charge in [-0.15, -0.1) is 11.3 Å². The summed E-state index contributed by atoms with van der Waals surface area (Å²) in [5.41, 5.74) is 2.90. The molecule has 2 aromatic rings. The van der Waals surface area contributed by atoms with Gasteiger partial charge in [-0.25, -0.2) is 4.68 Å². The van der Waals surface area contributed by atoms with Crippen molar-refractivity contribution in [3.05, 3.63) is 55.6 Å². The summed E-state index contributed by atoms with van der Waals surface area (Å²) in [5.74, 6) is 0. The first-order chi connectivity index (χ1) is 8.08. The number of nitrogens with zero attached hydrogens (tertiary/aromatic N) is 2. The third-order valence-corrected chi connectivity index (χ3v) is 3.48. The Bertz CT molecular complexity index is 623. The molecule has 88 valence electrons. The van der Waals surface area contributed by atoms with Gasteiger partial charge in [0.15, 0.2) is 0 Å². The van der Waals surface area contributed by atoms with Crippen molar-refractivity contribution < 1.29 is 0 Å². The molecule has 2 rings (SSSR count). The van der Waals surface area contributed by atoms with Gasteiger partial charge in [-0.3, -0.25) is 4.79 Å². The number of aromatic nitrogens is 1. The van der Waals surface area contributed by atoms with Gasteiger partial charge in [0.25, 0.3) is 5.56 Å². The monoisotopic (exact) mass is 246 g/mol. The van der Waals surface area contributed by atoms with Crippen LogP contribution >= 0.6 is 11.3 Å². The van der Waals surface area contributed by atoms with Gasteiger partial charge in [-0.1, -0.05) is 0 Å². The van der Waals surface area contributed by atoms with Crippen molar-refractivity contribution in [2.24, 2.45) is 5.10 Å². The standard InChI is InChI=1S/C13H14N2OS/c1-9-6-11(3)15(13(16)7-9)14-8-12-10(2)4-5-17-12/h4-8H,1-3H3. The Labute approximate surface area is 104 Å². The lowest BCUT2D eigenvalue weighted by molar-refractivity contribution is 0.791. The summed E-state index contributed by atoms with van der Waals surface area (Å²) < 4.78 is 1.42. The fourth-order valence-corrected chi connectivity index (χ4v) is 2.42. The van der Waals surface area contributed by atoms with Crippen LogP contribution in [0, 0.1) is 20.8 Å². The Morgan fingerprint density at radius 1 is 1.29 bits per heavy atom. The van der Waals surface area contributed by atoms with Gasteiger partial charge >= 0.3 is 0 Å². The maximum absolute atomic E-state index is 11.8. The molecule has 0 bridgehead atoms. The minimum Gasteiger partial charge on any atom is -0.267 e. The molecule has 0 saturated heterocycles. The topological polar surface area (TPSA) is 34.4 Å². The Kier molecular flexibility index (Phi) is 3.24. The molecule has 0 aromatic carbocycles. The van der Waals surface area contributed by atoms with E-state index < -0.39 is 0 Å². The van der Waals surface area contributed by atoms with E-state index in [0.29, 0.717) is 0 Å². The summed E-state index contributed by atoms with van der Waals surface area (Å²) >= 11 is 1.62. The Morgan fingerprint density at radius 3 is 2.65 bits per heavy atom. The van der Waals surface area contributed by atoms with Crippen LogP contribution in [0.1, 0.15) is 21.7 Å². The highest BCUT2D eigenvalue weighted by Gasteiger charge is 2.00. The number of hydrogen-bond acceptors (Lipinski definition) is 3. The van der Waals surface area contributed by atoms with Crippen molar-refractivity contribution in [2.45, 2.75) is 20.8 Å². The van der Waals surface area contributed by atoms with E-state index in [1.807, 2.05) is 38.3 Å². The van der Waals surface area contributed by atoms with Gasteiger partial charge in [-0.05, 0) is 49.4 Å². The zero-order valence-electron chi connectivity index (χ0n) is 10.1. The van der Waals surface area contributed by atoms with E-state index in [9.17, 15) is 4.79 Å². The maximum atomic E-state index is 11.8. The van der Waals surface area contributed by atoms with Crippen molar-refractivity contribution >= 4 is 17.6 Å². The minimum absolute atomic E-state index is 0.0899. The second kappa shape index (κ2) is 4.67. The lowest BCUT2D eigenvalue weighted by atomic mass is 10.2. The highest BCUT2D eigenvalue weighted by molar-refractivity contribution is 7.11. The van der Waals surface area contributed by atoms with Crippen LogP contribution in [0.25, 0.3) is 0 Å². The quantitative estimate of drug-likeness (QED) is 0.750. The second-order valence-corrected chi connectivity index (χ2v) is 4.98. The highest BCUT2D eigenvalue weighted by atomic mass is 32.1. The van der Waals surface area contributed by atoms with Crippen molar-refractivity contribution in [3.63, 3.8) is 0 Å². The number of pyridine rings is 1. The SMILES string of the molecule is Cc1cc(C)n(N=Cc2sccc2C)c(=O)c1. The van der Waals surface area contributed by atoms with Crippen molar-refractivity contribution in [1.29, 1.82) is 0 Å². The van der Waals surface area contributed by atoms with Gasteiger partial charge in [0, 0.05) is 11.8 Å². The summed E-state index contributed by atoms with van der Waals surface area (Å²) in [4.78, 5) is 12.8. The van der Waals surface area contributed by atoms with Gasteiger partial charge in [0.2, 0.25) is 0 Å². The molecule has 0 atom stereocenters. The number of thiophene rings is 1. The first-order valence-corrected chi connectivity index (χ1v) is 6.24. The zero-order chi connectivity index (χ0) is 12.4. The number of rotatable bonds is 2. The van der Waals surface area contributed by atoms with Crippen LogP contribution in [-0.4, -0.2) is 10.9 Å². The maximum Gasteiger partial charge on any atom is 0.271 e. The van der Waals surface area contributed by atoms with Gasteiger partial charge in [-0.2, -0.15) is 5.10 Å². The van der Waals surface area contributed by atoms with Crippen LogP contribution in [0.15, 0.2) is 33.5 Å². The summed E-state index contributed by atoms with van der Waals surface area (Å²) in [6, 6.07) is 5.57. The molecule has 0 unspecified atom stereocenters. The molecule has 0 aliphatic rings. The molecule has 0 radical (unpaired) electrons. The molecule has 3 nitrogen and oxygen atoms in total. The average Bonchev–Trinajstić information content (AvgIpc) is 2.62. The molecule has 0 saturated carbocycles. The number of hydrogen-bond donors (Lipinski definition) is 0. The number of aryl methyl sites for hydroxylation is 3. The lowest BCUT2D eigenvalue weighted by Crippen LogP contribution is -2.18. The average molecular weight is 246 g/mol.